The number of fused-ring (bicyclic) bond motifs is 1. The number of carbonyl (C=O) groups is 1. The zero-order valence-corrected chi connectivity index (χ0v) is 15.7. The first-order valence-corrected chi connectivity index (χ1v) is 8.64. The number of nitrogens with zero attached hydrogens (tertiary/aromatic N) is 2. The standard InChI is InChI=1S/C19H21ClN4O2/c1-12(11-26-3)22-19(25)16-10-21-18(15-7-8-24(2)17(15)16)23-14-6-4-5-13(20)9-14/h4-10,12H,11H2,1-3H3,(H,21,23)(H,22,25)/t12-/m0/s1. The summed E-state index contributed by atoms with van der Waals surface area (Å²) in [5.41, 5.74) is 2.17. The van der Waals surface area contributed by atoms with Crippen LogP contribution in [0, 0.1) is 0 Å². The number of pyridine rings is 1. The second-order valence-corrected chi connectivity index (χ2v) is 6.61. The highest BCUT2D eigenvalue weighted by atomic mass is 35.5. The number of rotatable bonds is 6. The summed E-state index contributed by atoms with van der Waals surface area (Å²) in [6, 6.07) is 9.26. The van der Waals surface area contributed by atoms with Crippen LogP contribution < -0.4 is 10.6 Å². The molecule has 0 aliphatic heterocycles. The summed E-state index contributed by atoms with van der Waals surface area (Å²) in [5, 5.41) is 7.70. The molecule has 2 aromatic heterocycles. The lowest BCUT2D eigenvalue weighted by Crippen LogP contribution is -2.35. The van der Waals surface area contributed by atoms with E-state index in [1.807, 2.05) is 55.1 Å². The molecule has 1 aromatic carbocycles. The van der Waals surface area contributed by atoms with Crippen LogP contribution in [0.3, 0.4) is 0 Å². The second kappa shape index (κ2) is 7.76. The van der Waals surface area contributed by atoms with Gasteiger partial charge in [0, 0.05) is 48.7 Å². The van der Waals surface area contributed by atoms with Gasteiger partial charge in [-0.3, -0.25) is 4.79 Å². The van der Waals surface area contributed by atoms with Crippen molar-refractivity contribution in [1.29, 1.82) is 0 Å². The molecule has 26 heavy (non-hydrogen) atoms. The van der Waals surface area contributed by atoms with Crippen LogP contribution in [0.4, 0.5) is 11.5 Å². The van der Waals surface area contributed by atoms with Crippen molar-refractivity contribution in [3.63, 3.8) is 0 Å². The summed E-state index contributed by atoms with van der Waals surface area (Å²) >= 11 is 6.05. The first-order chi connectivity index (χ1) is 12.5. The molecule has 3 rings (SSSR count). The van der Waals surface area contributed by atoms with Gasteiger partial charge in [0.05, 0.1) is 17.7 Å². The molecule has 0 saturated carbocycles. The number of amides is 1. The predicted octanol–water partition coefficient (Wildman–Crippen LogP) is 3.74. The highest BCUT2D eigenvalue weighted by molar-refractivity contribution is 6.30. The Morgan fingerprint density at radius 1 is 1.38 bits per heavy atom. The second-order valence-electron chi connectivity index (χ2n) is 6.17. The average Bonchev–Trinajstić information content (AvgIpc) is 2.98. The van der Waals surface area contributed by atoms with Crippen LogP contribution in [-0.2, 0) is 11.8 Å². The molecule has 0 spiro atoms. The zero-order chi connectivity index (χ0) is 18.7. The predicted molar refractivity (Wildman–Crippen MR) is 104 cm³/mol. The van der Waals surface area contributed by atoms with E-state index in [-0.39, 0.29) is 11.9 Å². The largest absolute Gasteiger partial charge is 0.383 e. The van der Waals surface area contributed by atoms with Crippen LogP contribution in [-0.4, -0.2) is 35.2 Å². The summed E-state index contributed by atoms with van der Waals surface area (Å²) in [7, 11) is 3.51. The summed E-state index contributed by atoms with van der Waals surface area (Å²) in [4.78, 5) is 17.1. The summed E-state index contributed by atoms with van der Waals surface area (Å²) in [6.45, 7) is 2.34. The van der Waals surface area contributed by atoms with E-state index in [2.05, 4.69) is 15.6 Å². The van der Waals surface area contributed by atoms with E-state index >= 15 is 0 Å². The molecule has 1 amide bonds. The maximum absolute atomic E-state index is 12.7. The van der Waals surface area contributed by atoms with Crippen molar-refractivity contribution in [1.82, 2.24) is 14.9 Å². The lowest BCUT2D eigenvalue weighted by atomic mass is 10.1. The van der Waals surface area contributed by atoms with E-state index in [0.29, 0.717) is 23.0 Å². The number of halogens is 1. The lowest BCUT2D eigenvalue weighted by molar-refractivity contribution is 0.0906. The Hall–Kier alpha value is -2.57. The molecule has 0 aliphatic rings. The number of aryl methyl sites for hydroxylation is 1. The quantitative estimate of drug-likeness (QED) is 0.691. The summed E-state index contributed by atoms with van der Waals surface area (Å²) < 4.78 is 6.99. The Labute approximate surface area is 157 Å². The third-order valence-corrected chi connectivity index (χ3v) is 4.27. The Kier molecular flexibility index (Phi) is 5.44. The van der Waals surface area contributed by atoms with Gasteiger partial charge in [0.2, 0.25) is 0 Å². The Balaban J connectivity index is 1.96. The fourth-order valence-electron chi connectivity index (χ4n) is 2.88. The molecular formula is C19H21ClN4O2. The van der Waals surface area contributed by atoms with Crippen molar-refractivity contribution < 1.29 is 9.53 Å². The Bertz CT molecular complexity index is 938. The number of hydrogen-bond donors (Lipinski definition) is 2. The van der Waals surface area contributed by atoms with E-state index in [9.17, 15) is 4.79 Å². The van der Waals surface area contributed by atoms with Crippen LogP contribution in [0.1, 0.15) is 17.3 Å². The third kappa shape index (κ3) is 3.81. The van der Waals surface area contributed by atoms with Gasteiger partial charge < -0.3 is 19.9 Å². The number of nitrogens with one attached hydrogen (secondary N) is 2. The van der Waals surface area contributed by atoms with Gasteiger partial charge in [-0.25, -0.2) is 4.98 Å². The van der Waals surface area contributed by atoms with Crippen molar-refractivity contribution in [3.05, 3.63) is 53.3 Å². The molecule has 2 N–H and O–H groups in total. The number of carbonyl (C=O) groups excluding carboxylic acids is 1. The fraction of sp³-hybridized carbons (Fsp3) is 0.263. The van der Waals surface area contributed by atoms with Gasteiger partial charge in [0.25, 0.3) is 5.91 Å². The Morgan fingerprint density at radius 3 is 2.92 bits per heavy atom. The van der Waals surface area contributed by atoms with Crippen molar-refractivity contribution in [2.75, 3.05) is 19.0 Å². The molecule has 0 saturated heterocycles. The number of aromatic nitrogens is 2. The van der Waals surface area contributed by atoms with Crippen LogP contribution in [0.15, 0.2) is 42.7 Å². The Morgan fingerprint density at radius 2 is 2.19 bits per heavy atom. The summed E-state index contributed by atoms with van der Waals surface area (Å²) in [5.74, 6) is 0.493. The molecule has 7 heteroatoms. The van der Waals surface area contributed by atoms with E-state index in [1.165, 1.54) is 0 Å². The fourth-order valence-corrected chi connectivity index (χ4v) is 3.07. The molecule has 0 fully saturated rings. The van der Waals surface area contributed by atoms with Gasteiger partial charge in [-0.2, -0.15) is 0 Å². The number of benzene rings is 1. The first-order valence-electron chi connectivity index (χ1n) is 8.26. The molecule has 0 unspecified atom stereocenters. The van der Waals surface area contributed by atoms with Crippen molar-refractivity contribution in [3.8, 4) is 0 Å². The molecule has 136 valence electrons. The molecular weight excluding hydrogens is 352 g/mol. The van der Waals surface area contributed by atoms with Gasteiger partial charge in [-0.15, -0.1) is 0 Å². The highest BCUT2D eigenvalue weighted by Crippen LogP contribution is 2.28. The zero-order valence-electron chi connectivity index (χ0n) is 14.9. The number of hydrogen-bond acceptors (Lipinski definition) is 4. The third-order valence-electron chi connectivity index (χ3n) is 4.03. The molecule has 2 heterocycles. The number of methoxy groups -OCH3 is 1. The molecule has 0 aliphatic carbocycles. The van der Waals surface area contributed by atoms with Crippen molar-refractivity contribution in [2.24, 2.45) is 7.05 Å². The van der Waals surface area contributed by atoms with E-state index < -0.39 is 0 Å². The van der Waals surface area contributed by atoms with E-state index in [0.717, 1.165) is 16.6 Å². The molecule has 6 nitrogen and oxygen atoms in total. The van der Waals surface area contributed by atoms with Crippen LogP contribution >= 0.6 is 11.6 Å². The van der Waals surface area contributed by atoms with Crippen LogP contribution in [0.5, 0.6) is 0 Å². The van der Waals surface area contributed by atoms with Gasteiger partial charge in [-0.05, 0) is 31.2 Å². The van der Waals surface area contributed by atoms with E-state index in [1.54, 1.807) is 13.3 Å². The smallest absolute Gasteiger partial charge is 0.255 e. The van der Waals surface area contributed by atoms with Crippen LogP contribution in [0.2, 0.25) is 5.02 Å². The SMILES string of the molecule is COC[C@H](C)NC(=O)c1cnc(Nc2cccc(Cl)c2)c2ccn(C)c12. The molecule has 0 radical (unpaired) electrons. The lowest BCUT2D eigenvalue weighted by Gasteiger charge is -2.15. The van der Waals surface area contributed by atoms with Gasteiger partial charge in [-0.1, -0.05) is 17.7 Å². The van der Waals surface area contributed by atoms with Crippen LogP contribution in [0.25, 0.3) is 10.9 Å². The maximum atomic E-state index is 12.7. The van der Waals surface area contributed by atoms with Gasteiger partial charge >= 0.3 is 0 Å². The number of ether oxygens (including phenoxy) is 1. The minimum atomic E-state index is -0.178. The van der Waals surface area contributed by atoms with E-state index in [4.69, 9.17) is 16.3 Å². The monoisotopic (exact) mass is 372 g/mol. The first kappa shape index (κ1) is 18.2. The topological polar surface area (TPSA) is 68.2 Å². The number of anilines is 2. The average molecular weight is 373 g/mol. The van der Waals surface area contributed by atoms with Gasteiger partial charge in [0.1, 0.15) is 5.82 Å². The normalized spacial score (nSPS) is 12.2. The van der Waals surface area contributed by atoms with Crippen molar-refractivity contribution in [2.45, 2.75) is 13.0 Å². The van der Waals surface area contributed by atoms with Gasteiger partial charge in [0.15, 0.2) is 0 Å². The maximum Gasteiger partial charge on any atom is 0.255 e. The molecule has 0 bridgehead atoms. The van der Waals surface area contributed by atoms with Crippen molar-refractivity contribution >= 4 is 39.9 Å². The molecule has 1 atom stereocenters. The highest BCUT2D eigenvalue weighted by Gasteiger charge is 2.18. The minimum absolute atomic E-state index is 0.0907. The summed E-state index contributed by atoms with van der Waals surface area (Å²) in [6.07, 6.45) is 3.49. The molecule has 3 aromatic rings. The minimum Gasteiger partial charge on any atom is -0.383 e.